The van der Waals surface area contributed by atoms with Crippen LogP contribution >= 0.6 is 11.3 Å². The van der Waals surface area contributed by atoms with E-state index in [0.29, 0.717) is 5.69 Å². The molecule has 1 saturated heterocycles. The Balaban J connectivity index is 1.31. The number of hydrogen-bond acceptors (Lipinski definition) is 6. The molecule has 1 amide bonds. The summed E-state index contributed by atoms with van der Waals surface area (Å²) in [5.74, 6) is -0.105. The predicted molar refractivity (Wildman–Crippen MR) is 113 cm³/mol. The summed E-state index contributed by atoms with van der Waals surface area (Å²) < 4.78 is 27.4. The van der Waals surface area contributed by atoms with E-state index in [2.05, 4.69) is 25.3 Å². The number of aryl methyl sites for hydroxylation is 1. The average molecular weight is 435 g/mol. The number of rotatable bonds is 7. The summed E-state index contributed by atoms with van der Waals surface area (Å²) in [5, 5.41) is 6.07. The highest BCUT2D eigenvalue weighted by molar-refractivity contribution is 7.89. The number of carbonyl (C=O) groups is 1. The molecule has 2 heterocycles. The van der Waals surface area contributed by atoms with Crippen molar-refractivity contribution in [2.75, 3.05) is 18.4 Å². The highest BCUT2D eigenvalue weighted by Gasteiger charge is 2.29. The summed E-state index contributed by atoms with van der Waals surface area (Å²) in [5.41, 5.74) is 1.61. The van der Waals surface area contributed by atoms with Crippen molar-refractivity contribution in [1.82, 2.24) is 14.6 Å². The summed E-state index contributed by atoms with van der Waals surface area (Å²) in [4.78, 5) is 19.7. The van der Waals surface area contributed by atoms with Crippen LogP contribution in [-0.2, 0) is 21.4 Å². The zero-order valence-electron chi connectivity index (χ0n) is 16.4. The zero-order chi connectivity index (χ0) is 20.4. The second-order valence-electron chi connectivity index (χ2n) is 7.82. The van der Waals surface area contributed by atoms with E-state index in [1.807, 2.05) is 6.92 Å². The minimum Gasteiger partial charge on any atom is -0.326 e. The molecule has 156 valence electrons. The molecule has 0 spiro atoms. The van der Waals surface area contributed by atoms with Crippen LogP contribution in [0.15, 0.2) is 34.5 Å². The summed E-state index contributed by atoms with van der Waals surface area (Å²) in [7, 11) is -3.53. The first-order valence-corrected chi connectivity index (χ1v) is 12.3. The van der Waals surface area contributed by atoms with Gasteiger partial charge in [-0.2, -0.15) is 0 Å². The number of nitrogens with one attached hydrogen (secondary N) is 2. The number of likely N-dealkylation sites (tertiary alicyclic amines) is 1. The van der Waals surface area contributed by atoms with Gasteiger partial charge in [0, 0.05) is 29.6 Å². The summed E-state index contributed by atoms with van der Waals surface area (Å²) in [6.07, 6.45) is 3.35. The van der Waals surface area contributed by atoms with Crippen molar-refractivity contribution < 1.29 is 13.2 Å². The van der Waals surface area contributed by atoms with Crippen molar-refractivity contribution in [1.29, 1.82) is 0 Å². The molecule has 0 unspecified atom stereocenters. The second kappa shape index (κ2) is 8.51. The maximum atomic E-state index is 12.7. The Morgan fingerprint density at radius 2 is 2.00 bits per heavy atom. The largest absolute Gasteiger partial charge is 0.326 e. The van der Waals surface area contributed by atoms with Gasteiger partial charge in [0.15, 0.2) is 0 Å². The molecule has 9 heteroatoms. The van der Waals surface area contributed by atoms with Crippen LogP contribution in [0.25, 0.3) is 0 Å². The van der Waals surface area contributed by atoms with Gasteiger partial charge >= 0.3 is 0 Å². The van der Waals surface area contributed by atoms with Crippen molar-refractivity contribution >= 4 is 33.0 Å². The second-order valence-corrected chi connectivity index (χ2v) is 10.6. The van der Waals surface area contributed by atoms with Crippen molar-refractivity contribution in [3.05, 3.63) is 40.3 Å². The van der Waals surface area contributed by atoms with Gasteiger partial charge in [-0.15, -0.1) is 11.3 Å². The van der Waals surface area contributed by atoms with E-state index >= 15 is 0 Å². The van der Waals surface area contributed by atoms with E-state index in [-0.39, 0.29) is 22.8 Å². The van der Waals surface area contributed by atoms with E-state index in [4.69, 9.17) is 0 Å². The Morgan fingerprint density at radius 1 is 1.24 bits per heavy atom. The highest BCUT2D eigenvalue weighted by Crippen LogP contribution is 2.25. The van der Waals surface area contributed by atoms with Gasteiger partial charge in [-0.1, -0.05) is 6.07 Å². The van der Waals surface area contributed by atoms with Gasteiger partial charge in [-0.05, 0) is 63.9 Å². The molecule has 0 bridgehead atoms. The fraction of sp³-hybridized carbons (Fsp3) is 0.500. The fourth-order valence-corrected chi connectivity index (χ4v) is 5.49. The number of amides is 1. The van der Waals surface area contributed by atoms with Gasteiger partial charge in [0.05, 0.1) is 15.6 Å². The molecule has 2 aromatic rings. The Labute approximate surface area is 175 Å². The minimum atomic E-state index is -3.53. The lowest BCUT2D eigenvalue weighted by Crippen LogP contribution is -2.37. The van der Waals surface area contributed by atoms with Crippen LogP contribution in [0.2, 0.25) is 0 Å². The number of benzene rings is 1. The van der Waals surface area contributed by atoms with Gasteiger partial charge < -0.3 is 5.32 Å². The number of sulfonamides is 1. The standard InChI is InChI=1S/C20H26N4O3S2/c1-14-21-18(13-28-14)12-24-9-7-15(8-10-24)20(25)22-17-3-2-4-19(11-17)29(26,27)23-16-5-6-16/h2-4,11,13,15-16,23H,5-10,12H2,1H3,(H,22,25). The lowest BCUT2D eigenvalue weighted by molar-refractivity contribution is -0.121. The molecular weight excluding hydrogens is 408 g/mol. The van der Waals surface area contributed by atoms with Gasteiger partial charge in [0.2, 0.25) is 15.9 Å². The molecule has 1 saturated carbocycles. The van der Waals surface area contributed by atoms with Crippen LogP contribution in [-0.4, -0.2) is 43.3 Å². The van der Waals surface area contributed by atoms with Crippen molar-refractivity contribution in [2.24, 2.45) is 5.92 Å². The SMILES string of the molecule is Cc1nc(CN2CCC(C(=O)Nc3cccc(S(=O)(=O)NC4CC4)c3)CC2)cs1. The molecule has 7 nitrogen and oxygen atoms in total. The number of nitrogens with zero attached hydrogens (tertiary/aromatic N) is 2. The molecule has 29 heavy (non-hydrogen) atoms. The van der Waals surface area contributed by atoms with Crippen molar-refractivity contribution in [2.45, 2.75) is 50.1 Å². The van der Waals surface area contributed by atoms with Crippen LogP contribution in [0.1, 0.15) is 36.4 Å². The lowest BCUT2D eigenvalue weighted by atomic mass is 9.95. The number of aromatic nitrogens is 1. The number of anilines is 1. The Kier molecular flexibility index (Phi) is 6.00. The first-order valence-electron chi connectivity index (χ1n) is 9.96. The Bertz CT molecular complexity index is 977. The number of thiazole rings is 1. The van der Waals surface area contributed by atoms with E-state index < -0.39 is 10.0 Å². The van der Waals surface area contributed by atoms with Crippen LogP contribution < -0.4 is 10.0 Å². The first-order chi connectivity index (χ1) is 13.9. The maximum Gasteiger partial charge on any atom is 0.240 e. The molecule has 2 fully saturated rings. The molecule has 1 aliphatic heterocycles. The number of hydrogen-bond donors (Lipinski definition) is 2. The molecule has 2 N–H and O–H groups in total. The quantitative estimate of drug-likeness (QED) is 0.699. The average Bonchev–Trinajstić information content (AvgIpc) is 3.41. The molecule has 1 aromatic heterocycles. The maximum absolute atomic E-state index is 12.7. The van der Waals surface area contributed by atoms with E-state index in [1.54, 1.807) is 29.5 Å². The minimum absolute atomic E-state index is 0.0427. The number of carbonyl (C=O) groups excluding carboxylic acids is 1. The van der Waals surface area contributed by atoms with E-state index in [9.17, 15) is 13.2 Å². The fourth-order valence-electron chi connectivity index (χ4n) is 3.54. The van der Waals surface area contributed by atoms with Gasteiger partial charge in [-0.25, -0.2) is 18.1 Å². The molecule has 0 atom stereocenters. The topological polar surface area (TPSA) is 91.4 Å². The molecule has 1 aliphatic carbocycles. The van der Waals surface area contributed by atoms with Crippen LogP contribution in [0.3, 0.4) is 0 Å². The van der Waals surface area contributed by atoms with E-state index in [1.165, 1.54) is 6.07 Å². The van der Waals surface area contributed by atoms with Crippen molar-refractivity contribution in [3.63, 3.8) is 0 Å². The molecule has 1 aromatic carbocycles. The Hall–Kier alpha value is -1.81. The first kappa shape index (κ1) is 20.5. The monoisotopic (exact) mass is 434 g/mol. The smallest absolute Gasteiger partial charge is 0.240 e. The third kappa shape index (κ3) is 5.42. The van der Waals surface area contributed by atoms with Crippen LogP contribution in [0.4, 0.5) is 5.69 Å². The highest BCUT2D eigenvalue weighted by atomic mass is 32.2. The predicted octanol–water partition coefficient (Wildman–Crippen LogP) is 2.74. The molecule has 4 rings (SSSR count). The van der Waals surface area contributed by atoms with Gasteiger partial charge in [-0.3, -0.25) is 9.69 Å². The third-order valence-corrected chi connectivity index (χ3v) is 7.66. The molecule has 2 aliphatic rings. The summed E-state index contributed by atoms with van der Waals surface area (Å²) >= 11 is 1.66. The Morgan fingerprint density at radius 3 is 2.66 bits per heavy atom. The summed E-state index contributed by atoms with van der Waals surface area (Å²) in [6, 6.07) is 6.53. The zero-order valence-corrected chi connectivity index (χ0v) is 18.1. The third-order valence-electron chi connectivity index (χ3n) is 5.32. The van der Waals surface area contributed by atoms with Gasteiger partial charge in [0.25, 0.3) is 0 Å². The van der Waals surface area contributed by atoms with Gasteiger partial charge in [0.1, 0.15) is 0 Å². The van der Waals surface area contributed by atoms with Crippen LogP contribution in [0.5, 0.6) is 0 Å². The summed E-state index contributed by atoms with van der Waals surface area (Å²) in [6.45, 7) is 4.54. The molecular formula is C20H26N4O3S2. The van der Waals surface area contributed by atoms with Crippen LogP contribution in [0, 0.1) is 12.8 Å². The van der Waals surface area contributed by atoms with E-state index in [0.717, 1.165) is 56.0 Å². The normalized spacial score (nSPS) is 18.7. The molecule has 0 radical (unpaired) electrons. The number of piperidine rings is 1. The lowest BCUT2D eigenvalue weighted by Gasteiger charge is -2.30. The van der Waals surface area contributed by atoms with Crippen molar-refractivity contribution in [3.8, 4) is 0 Å².